The van der Waals surface area contributed by atoms with Gasteiger partial charge in [-0.3, -0.25) is 4.68 Å². The van der Waals surface area contributed by atoms with Crippen molar-refractivity contribution in [2.24, 2.45) is 0 Å². The maximum Gasteiger partial charge on any atom is 0.435 e. The van der Waals surface area contributed by atoms with Crippen molar-refractivity contribution >= 4 is 5.97 Å². The minimum atomic E-state index is -4.61. The van der Waals surface area contributed by atoms with Gasteiger partial charge in [-0.15, -0.1) is 0 Å². The summed E-state index contributed by atoms with van der Waals surface area (Å²) in [6.45, 7) is 1.93. The maximum absolute atomic E-state index is 12.7. The number of hydrogen-bond acceptors (Lipinski definition) is 3. The van der Waals surface area contributed by atoms with Gasteiger partial charge in [-0.05, 0) is 12.5 Å². The molecule has 0 radical (unpaired) electrons. The zero-order valence-corrected chi connectivity index (χ0v) is 11.4. The quantitative estimate of drug-likeness (QED) is 0.818. The molecule has 0 amide bonds. The Hall–Kier alpha value is -2.31. The molecule has 0 aliphatic heterocycles. The van der Waals surface area contributed by atoms with E-state index in [-0.39, 0.29) is 12.2 Å². The molecule has 0 aliphatic carbocycles. The van der Waals surface area contributed by atoms with Crippen LogP contribution in [0.5, 0.6) is 0 Å². The van der Waals surface area contributed by atoms with Gasteiger partial charge in [-0.2, -0.15) is 18.3 Å². The van der Waals surface area contributed by atoms with E-state index in [9.17, 15) is 18.0 Å². The lowest BCUT2D eigenvalue weighted by atomic mass is 10.1. The molecular weight excluding hydrogens is 285 g/mol. The third-order valence-corrected chi connectivity index (χ3v) is 2.88. The number of benzene rings is 1. The van der Waals surface area contributed by atoms with E-state index < -0.39 is 17.8 Å². The SMILES string of the molecule is COC(=O)c1cc(C(F)(F)F)nn1Cc1cccc(C)c1. The molecule has 1 aromatic carbocycles. The summed E-state index contributed by atoms with van der Waals surface area (Å²) >= 11 is 0. The van der Waals surface area contributed by atoms with Crippen molar-refractivity contribution in [2.75, 3.05) is 7.11 Å². The molecule has 0 aliphatic rings. The van der Waals surface area contributed by atoms with Gasteiger partial charge in [-0.1, -0.05) is 29.8 Å². The van der Waals surface area contributed by atoms with Crippen molar-refractivity contribution < 1.29 is 22.7 Å². The predicted molar refractivity (Wildman–Crippen MR) is 68.8 cm³/mol. The van der Waals surface area contributed by atoms with Gasteiger partial charge in [0.15, 0.2) is 5.69 Å². The maximum atomic E-state index is 12.7. The van der Waals surface area contributed by atoms with Crippen molar-refractivity contribution in [1.82, 2.24) is 9.78 Å². The summed E-state index contributed by atoms with van der Waals surface area (Å²) in [5, 5.41) is 3.47. The summed E-state index contributed by atoms with van der Waals surface area (Å²) in [6, 6.07) is 7.92. The lowest BCUT2D eigenvalue weighted by Gasteiger charge is -2.07. The second-order valence-electron chi connectivity index (χ2n) is 4.55. The third kappa shape index (κ3) is 3.42. The highest BCUT2D eigenvalue weighted by Gasteiger charge is 2.36. The van der Waals surface area contributed by atoms with E-state index in [2.05, 4.69) is 9.84 Å². The van der Waals surface area contributed by atoms with E-state index in [1.165, 1.54) is 0 Å². The van der Waals surface area contributed by atoms with Crippen molar-refractivity contribution in [3.63, 3.8) is 0 Å². The van der Waals surface area contributed by atoms with Crippen LogP contribution in [0.3, 0.4) is 0 Å². The monoisotopic (exact) mass is 298 g/mol. The molecule has 2 rings (SSSR count). The Labute approximate surface area is 119 Å². The van der Waals surface area contributed by atoms with Gasteiger partial charge in [0.05, 0.1) is 13.7 Å². The van der Waals surface area contributed by atoms with Crippen LogP contribution in [0.2, 0.25) is 0 Å². The van der Waals surface area contributed by atoms with Crippen LogP contribution in [0, 0.1) is 6.92 Å². The fourth-order valence-corrected chi connectivity index (χ4v) is 1.93. The fourth-order valence-electron chi connectivity index (χ4n) is 1.93. The first kappa shape index (κ1) is 15.1. The molecule has 21 heavy (non-hydrogen) atoms. The minimum absolute atomic E-state index is 0.0577. The number of hydrogen-bond donors (Lipinski definition) is 0. The summed E-state index contributed by atoms with van der Waals surface area (Å²) < 4.78 is 43.7. The average Bonchev–Trinajstić information content (AvgIpc) is 2.82. The molecule has 0 saturated heterocycles. The number of nitrogens with zero attached hydrogens (tertiary/aromatic N) is 2. The van der Waals surface area contributed by atoms with Gasteiger partial charge in [0, 0.05) is 6.07 Å². The summed E-state index contributed by atoms with van der Waals surface area (Å²) in [6.07, 6.45) is -4.61. The number of aromatic nitrogens is 2. The number of carbonyl (C=O) groups is 1. The van der Waals surface area contributed by atoms with E-state index in [4.69, 9.17) is 0 Å². The van der Waals surface area contributed by atoms with E-state index in [0.717, 1.165) is 22.9 Å². The molecule has 0 N–H and O–H groups in total. The van der Waals surface area contributed by atoms with Crippen LogP contribution in [0.4, 0.5) is 13.2 Å². The first-order valence-electron chi connectivity index (χ1n) is 6.10. The van der Waals surface area contributed by atoms with Gasteiger partial charge in [0.2, 0.25) is 0 Å². The van der Waals surface area contributed by atoms with E-state index in [0.29, 0.717) is 6.07 Å². The lowest BCUT2D eigenvalue weighted by Crippen LogP contribution is -2.13. The molecule has 1 aromatic heterocycles. The van der Waals surface area contributed by atoms with Crippen molar-refractivity contribution in [3.05, 3.63) is 52.8 Å². The predicted octanol–water partition coefficient (Wildman–Crippen LogP) is 3.05. The molecule has 0 bridgehead atoms. The molecule has 7 heteroatoms. The number of halogens is 3. The van der Waals surface area contributed by atoms with Gasteiger partial charge in [-0.25, -0.2) is 4.79 Å². The molecule has 0 saturated carbocycles. The van der Waals surface area contributed by atoms with Crippen LogP contribution in [-0.2, 0) is 17.5 Å². The highest BCUT2D eigenvalue weighted by Crippen LogP contribution is 2.29. The lowest BCUT2D eigenvalue weighted by molar-refractivity contribution is -0.141. The topological polar surface area (TPSA) is 44.1 Å². The molecule has 2 aromatic rings. The highest BCUT2D eigenvalue weighted by molar-refractivity contribution is 5.87. The largest absolute Gasteiger partial charge is 0.464 e. The first-order chi connectivity index (χ1) is 9.81. The molecule has 0 atom stereocenters. The molecular formula is C14H13F3N2O2. The third-order valence-electron chi connectivity index (χ3n) is 2.88. The Kier molecular flexibility index (Phi) is 4.02. The summed E-state index contributed by atoms with van der Waals surface area (Å²) in [4.78, 5) is 11.6. The van der Waals surface area contributed by atoms with Gasteiger partial charge in [0.1, 0.15) is 5.69 Å². The number of carbonyl (C=O) groups excluding carboxylic acids is 1. The van der Waals surface area contributed by atoms with Gasteiger partial charge >= 0.3 is 12.1 Å². The average molecular weight is 298 g/mol. The Bertz CT molecular complexity index is 662. The normalized spacial score (nSPS) is 11.5. The first-order valence-corrected chi connectivity index (χ1v) is 6.10. The van der Waals surface area contributed by atoms with Gasteiger partial charge in [0.25, 0.3) is 0 Å². The van der Waals surface area contributed by atoms with E-state index in [1.54, 1.807) is 12.1 Å². The smallest absolute Gasteiger partial charge is 0.435 e. The Morgan fingerprint density at radius 1 is 1.33 bits per heavy atom. The van der Waals surface area contributed by atoms with Crippen LogP contribution in [0.1, 0.15) is 27.3 Å². The summed E-state index contributed by atoms with van der Waals surface area (Å²) in [7, 11) is 1.11. The Morgan fingerprint density at radius 3 is 2.62 bits per heavy atom. The number of rotatable bonds is 3. The number of alkyl halides is 3. The summed E-state index contributed by atoms with van der Waals surface area (Å²) in [5.74, 6) is -0.856. The molecule has 0 unspecified atom stereocenters. The van der Waals surface area contributed by atoms with Crippen LogP contribution in [-0.4, -0.2) is 22.9 Å². The van der Waals surface area contributed by atoms with Crippen molar-refractivity contribution in [2.45, 2.75) is 19.6 Å². The van der Waals surface area contributed by atoms with Gasteiger partial charge < -0.3 is 4.74 Å². The van der Waals surface area contributed by atoms with Crippen LogP contribution >= 0.6 is 0 Å². The highest BCUT2D eigenvalue weighted by atomic mass is 19.4. The van der Waals surface area contributed by atoms with Crippen LogP contribution in [0.15, 0.2) is 30.3 Å². The standard InChI is InChI=1S/C14H13F3N2O2/c1-9-4-3-5-10(6-9)8-19-11(13(20)21-2)7-12(18-19)14(15,16)17/h3-7H,8H2,1-2H3. The number of esters is 1. The molecule has 0 spiro atoms. The van der Waals surface area contributed by atoms with Crippen molar-refractivity contribution in [3.8, 4) is 0 Å². The van der Waals surface area contributed by atoms with Crippen LogP contribution in [0.25, 0.3) is 0 Å². The summed E-state index contributed by atoms with van der Waals surface area (Å²) in [5.41, 5.74) is 0.370. The molecule has 4 nitrogen and oxygen atoms in total. The van der Waals surface area contributed by atoms with E-state index >= 15 is 0 Å². The van der Waals surface area contributed by atoms with Crippen molar-refractivity contribution in [1.29, 1.82) is 0 Å². The second kappa shape index (κ2) is 5.59. The fraction of sp³-hybridized carbons (Fsp3) is 0.286. The zero-order valence-electron chi connectivity index (χ0n) is 11.4. The Morgan fingerprint density at radius 2 is 2.05 bits per heavy atom. The second-order valence-corrected chi connectivity index (χ2v) is 4.55. The molecule has 0 fully saturated rings. The minimum Gasteiger partial charge on any atom is -0.464 e. The Balaban J connectivity index is 2.41. The van der Waals surface area contributed by atoms with Crippen LogP contribution < -0.4 is 0 Å². The van der Waals surface area contributed by atoms with E-state index in [1.807, 2.05) is 19.1 Å². The molecule has 112 valence electrons. The number of aryl methyl sites for hydroxylation is 1. The number of methoxy groups -OCH3 is 1. The molecule has 1 heterocycles. The number of ether oxygens (including phenoxy) is 1. The zero-order chi connectivity index (χ0) is 15.6.